The zero-order chi connectivity index (χ0) is 31.1. The maximum Gasteiger partial charge on any atom is 0.150 e. The lowest BCUT2D eigenvalue weighted by Crippen LogP contribution is -2.25. The second-order valence-corrected chi connectivity index (χ2v) is 15.8. The van der Waals surface area contributed by atoms with Crippen molar-refractivity contribution in [2.45, 2.75) is 12.1 Å². The number of hydrogen-bond donors (Lipinski definition) is 0. The zero-order valence-corrected chi connectivity index (χ0v) is 26.6. The minimum atomic E-state index is -2.90. The quantitative estimate of drug-likeness (QED) is 0.142. The first-order chi connectivity index (χ1) is 23.2. The van der Waals surface area contributed by atoms with Gasteiger partial charge in [0.2, 0.25) is 0 Å². The molecule has 2 nitrogen and oxygen atoms in total. The lowest BCUT2D eigenvalue weighted by atomic mass is 9.96. The third-order valence-corrected chi connectivity index (χ3v) is 13.8. The minimum absolute atomic E-state index is 0.0484. The Labute approximate surface area is 272 Å². The van der Waals surface area contributed by atoms with Crippen LogP contribution in [0.1, 0.15) is 6.42 Å². The summed E-state index contributed by atoms with van der Waals surface area (Å²) in [4.78, 5) is 0. The van der Waals surface area contributed by atoms with Gasteiger partial charge in [0.15, 0.2) is 0 Å². The Balaban J connectivity index is 1.21. The predicted octanol–water partition coefficient (Wildman–Crippen LogP) is 11.0. The molecule has 0 aliphatic heterocycles. The van der Waals surface area contributed by atoms with Crippen LogP contribution in [0.15, 0.2) is 164 Å². The molecule has 47 heavy (non-hydrogen) atoms. The van der Waals surface area contributed by atoms with Gasteiger partial charge in [-0.1, -0.05) is 152 Å². The van der Waals surface area contributed by atoms with Crippen molar-refractivity contribution in [3.8, 4) is 11.1 Å². The van der Waals surface area contributed by atoms with Crippen molar-refractivity contribution in [1.82, 2.24) is 4.40 Å². The van der Waals surface area contributed by atoms with Gasteiger partial charge in [-0.25, -0.2) is 0 Å². The lowest BCUT2D eigenvalue weighted by Gasteiger charge is -2.27. The largest absolute Gasteiger partial charge is 0.313 e. The van der Waals surface area contributed by atoms with Gasteiger partial charge >= 0.3 is 0 Å². The summed E-state index contributed by atoms with van der Waals surface area (Å²) in [7, 11) is -2.90. The van der Waals surface area contributed by atoms with E-state index in [1.807, 2.05) is 42.5 Å². The van der Waals surface area contributed by atoms with Crippen LogP contribution in [0.2, 0.25) is 0 Å². The molecule has 0 spiro atoms. The molecule has 0 saturated heterocycles. The molecule has 2 aromatic heterocycles. The van der Waals surface area contributed by atoms with Gasteiger partial charge in [-0.15, -0.1) is 0 Å². The summed E-state index contributed by atoms with van der Waals surface area (Å²) < 4.78 is 17.5. The molecule has 2 atom stereocenters. The number of aromatic nitrogens is 1. The van der Waals surface area contributed by atoms with Gasteiger partial charge in [0.05, 0.1) is 16.6 Å². The molecular formula is C44H30NOP. The van der Waals surface area contributed by atoms with E-state index in [4.69, 9.17) is 0 Å². The van der Waals surface area contributed by atoms with Crippen molar-refractivity contribution in [2.24, 2.45) is 0 Å². The normalized spacial score (nSPS) is 16.3. The fraction of sp³-hybridized carbons (Fsp3) is 0.0455. The van der Waals surface area contributed by atoms with Gasteiger partial charge in [0.1, 0.15) is 7.14 Å². The molecule has 1 aliphatic rings. The summed E-state index contributed by atoms with van der Waals surface area (Å²) in [5.41, 5.74) is 5.88. The van der Waals surface area contributed by atoms with Gasteiger partial charge in [-0.2, -0.15) is 0 Å². The van der Waals surface area contributed by atoms with Crippen molar-refractivity contribution in [1.29, 1.82) is 0 Å². The fourth-order valence-electron chi connectivity index (χ4n) is 8.14. The Morgan fingerprint density at radius 2 is 1.21 bits per heavy atom. The third kappa shape index (κ3) is 3.77. The Morgan fingerprint density at radius 3 is 2.04 bits per heavy atom. The van der Waals surface area contributed by atoms with Crippen LogP contribution in [0.3, 0.4) is 0 Å². The second kappa shape index (κ2) is 10.0. The standard InChI is InChI=1S/C44H30NOP/c46-47(33-11-3-1-4-12-33,34-13-5-2-6-14-34)35-24-20-29(21-25-35)32-23-26-37-39-27-22-31-19-18-30-10-9-16-38-36-15-7-8-17-40(36)45(41(37)28-32)44(39)43(31)42(30)38/h1-13,15-28,34H,14H2. The molecule has 0 radical (unpaired) electrons. The summed E-state index contributed by atoms with van der Waals surface area (Å²) in [5.74, 6) is 0. The van der Waals surface area contributed by atoms with Crippen LogP contribution in [0.4, 0.5) is 0 Å². The van der Waals surface area contributed by atoms with Crippen LogP contribution >= 0.6 is 7.14 Å². The van der Waals surface area contributed by atoms with Gasteiger partial charge in [0.25, 0.3) is 0 Å². The highest BCUT2D eigenvalue weighted by Crippen LogP contribution is 2.51. The van der Waals surface area contributed by atoms with Crippen molar-refractivity contribution in [3.05, 3.63) is 164 Å². The number of rotatable bonds is 4. The van der Waals surface area contributed by atoms with Crippen LogP contribution in [0.5, 0.6) is 0 Å². The Bertz CT molecular complexity index is 2790. The van der Waals surface area contributed by atoms with E-state index in [0.717, 1.165) is 28.2 Å². The predicted molar refractivity (Wildman–Crippen MR) is 202 cm³/mol. The Hall–Kier alpha value is -5.43. The Morgan fingerprint density at radius 1 is 0.532 bits per heavy atom. The molecule has 10 rings (SSSR count). The van der Waals surface area contributed by atoms with E-state index in [-0.39, 0.29) is 5.66 Å². The van der Waals surface area contributed by atoms with E-state index in [9.17, 15) is 0 Å². The van der Waals surface area contributed by atoms with Crippen LogP contribution in [0, 0.1) is 0 Å². The SMILES string of the molecule is O=P(c1ccccc1)(c1ccc(-c2ccc3c4ccc5ccc6cccc7c8ccccc8n(c3c2)c4c5c67)cc1)C1C=CC=CC1. The topological polar surface area (TPSA) is 21.5 Å². The number of benzene rings is 7. The average Bonchev–Trinajstić information content (AvgIpc) is 3.41. The highest BCUT2D eigenvalue weighted by molar-refractivity contribution is 7.79. The smallest absolute Gasteiger partial charge is 0.150 e. The molecule has 0 bridgehead atoms. The average molecular weight is 620 g/mol. The monoisotopic (exact) mass is 619 g/mol. The first kappa shape index (κ1) is 26.8. The highest BCUT2D eigenvalue weighted by atomic mass is 31.2. The van der Waals surface area contributed by atoms with E-state index in [0.29, 0.717) is 0 Å². The molecular weight excluding hydrogens is 589 g/mol. The molecule has 3 heteroatoms. The first-order valence-electron chi connectivity index (χ1n) is 16.3. The first-order valence-corrected chi connectivity index (χ1v) is 18.1. The molecule has 0 amide bonds. The number of nitrogens with zero attached hydrogens (tertiary/aromatic N) is 1. The number of allylic oxidation sites excluding steroid dienone is 4. The third-order valence-electron chi connectivity index (χ3n) is 10.3. The van der Waals surface area contributed by atoms with Crippen LogP contribution in [-0.2, 0) is 4.57 Å². The molecule has 0 N–H and O–H groups in total. The zero-order valence-electron chi connectivity index (χ0n) is 25.7. The van der Waals surface area contributed by atoms with Gasteiger partial charge < -0.3 is 8.97 Å². The minimum Gasteiger partial charge on any atom is -0.313 e. The summed E-state index contributed by atoms with van der Waals surface area (Å²) in [6.45, 7) is 0. The van der Waals surface area contributed by atoms with E-state index in [1.165, 1.54) is 59.6 Å². The maximum atomic E-state index is 15.0. The number of para-hydroxylation sites is 1. The summed E-state index contributed by atoms with van der Waals surface area (Å²) in [6, 6.07) is 50.0. The Kier molecular flexibility index (Phi) is 5.71. The van der Waals surface area contributed by atoms with Crippen molar-refractivity contribution in [3.63, 3.8) is 0 Å². The van der Waals surface area contributed by atoms with Crippen molar-refractivity contribution < 1.29 is 4.57 Å². The van der Waals surface area contributed by atoms with Crippen molar-refractivity contribution in [2.75, 3.05) is 0 Å². The number of hydrogen-bond acceptors (Lipinski definition) is 1. The van der Waals surface area contributed by atoms with E-state index in [2.05, 4.69) is 126 Å². The van der Waals surface area contributed by atoms with Crippen molar-refractivity contribution >= 4 is 77.4 Å². The van der Waals surface area contributed by atoms with Gasteiger partial charge in [-0.3, -0.25) is 0 Å². The van der Waals surface area contributed by atoms with E-state index < -0.39 is 7.14 Å². The van der Waals surface area contributed by atoms with Gasteiger partial charge in [0, 0.05) is 37.8 Å². The molecule has 7 aromatic carbocycles. The van der Waals surface area contributed by atoms with E-state index >= 15 is 4.57 Å². The highest BCUT2D eigenvalue weighted by Gasteiger charge is 2.35. The van der Waals surface area contributed by atoms with Crippen LogP contribution in [-0.4, -0.2) is 10.1 Å². The van der Waals surface area contributed by atoms with Gasteiger partial charge in [-0.05, 0) is 51.2 Å². The second-order valence-electron chi connectivity index (χ2n) is 12.8. The molecule has 222 valence electrons. The fourth-order valence-corrected chi connectivity index (χ4v) is 11.2. The molecule has 9 aromatic rings. The van der Waals surface area contributed by atoms with Crippen LogP contribution in [0.25, 0.3) is 70.8 Å². The van der Waals surface area contributed by atoms with Crippen LogP contribution < -0.4 is 10.6 Å². The maximum absolute atomic E-state index is 15.0. The van der Waals surface area contributed by atoms with E-state index in [1.54, 1.807) is 0 Å². The summed E-state index contributed by atoms with van der Waals surface area (Å²) >= 11 is 0. The number of fused-ring (bicyclic) bond motifs is 6. The summed E-state index contributed by atoms with van der Waals surface area (Å²) in [5, 5.41) is 12.0. The molecule has 2 heterocycles. The molecule has 1 aliphatic carbocycles. The molecule has 0 fully saturated rings. The molecule has 2 unspecified atom stereocenters. The lowest BCUT2D eigenvalue weighted by molar-refractivity contribution is 0.582. The molecule has 0 saturated carbocycles. The summed E-state index contributed by atoms with van der Waals surface area (Å²) in [6.07, 6.45) is 9.11.